The van der Waals surface area contributed by atoms with Gasteiger partial charge in [-0.05, 0) is 56.9 Å². The summed E-state index contributed by atoms with van der Waals surface area (Å²) in [5.74, 6) is -0.438. The van der Waals surface area contributed by atoms with E-state index in [0.29, 0.717) is 0 Å². The van der Waals surface area contributed by atoms with E-state index in [1.165, 1.54) is 16.7 Å². The van der Waals surface area contributed by atoms with E-state index >= 15 is 0 Å². The lowest BCUT2D eigenvalue weighted by molar-refractivity contribution is -0.123. The summed E-state index contributed by atoms with van der Waals surface area (Å²) in [6.45, 7) is 10.1. The van der Waals surface area contributed by atoms with E-state index in [1.54, 1.807) is 0 Å². The van der Waals surface area contributed by atoms with Crippen LogP contribution in [0.4, 0.5) is 5.69 Å². The molecule has 144 valence electrons. The Morgan fingerprint density at radius 1 is 0.889 bits per heavy atom. The molecule has 0 spiro atoms. The fraction of sp³-hybridized carbons (Fsp3) is 0.364. The molecule has 0 aliphatic heterocycles. The molecule has 1 atom stereocenters. The summed E-state index contributed by atoms with van der Waals surface area (Å²) in [4.78, 5) is 24.2. The fourth-order valence-corrected chi connectivity index (χ4v) is 3.02. The van der Waals surface area contributed by atoms with Crippen LogP contribution in [-0.4, -0.2) is 24.9 Å². The van der Waals surface area contributed by atoms with Crippen molar-refractivity contribution in [2.24, 2.45) is 0 Å². The molecule has 27 heavy (non-hydrogen) atoms. The molecule has 5 heteroatoms. The van der Waals surface area contributed by atoms with E-state index < -0.39 is 0 Å². The van der Waals surface area contributed by atoms with Crippen molar-refractivity contribution in [3.05, 3.63) is 64.2 Å². The van der Waals surface area contributed by atoms with Gasteiger partial charge in [-0.3, -0.25) is 9.59 Å². The topological polar surface area (TPSA) is 70.2 Å². The fourth-order valence-electron chi connectivity index (χ4n) is 3.02. The number of nitrogens with one attached hydrogen (secondary N) is 3. The Labute approximate surface area is 161 Å². The molecule has 3 N–H and O–H groups in total. The average molecular weight is 367 g/mol. The number of para-hydroxylation sites is 1. The van der Waals surface area contributed by atoms with E-state index in [2.05, 4.69) is 48.0 Å². The Morgan fingerprint density at radius 3 is 2.22 bits per heavy atom. The van der Waals surface area contributed by atoms with Crippen LogP contribution in [0.2, 0.25) is 0 Å². The maximum Gasteiger partial charge on any atom is 0.243 e. The van der Waals surface area contributed by atoms with Crippen molar-refractivity contribution in [1.29, 1.82) is 0 Å². The molecular weight excluding hydrogens is 338 g/mol. The van der Waals surface area contributed by atoms with Crippen LogP contribution in [0.25, 0.3) is 0 Å². The predicted molar refractivity (Wildman–Crippen MR) is 110 cm³/mol. The van der Waals surface area contributed by atoms with Crippen molar-refractivity contribution in [2.75, 3.05) is 18.4 Å². The number of anilines is 1. The standard InChI is InChI=1S/C22H29N3O2/c1-14-9-10-15(2)19(11-14)18(5)23-12-20(26)24-13-21(27)25-22-16(3)7-6-8-17(22)4/h6-11,18,23H,12-13H2,1-5H3,(H,24,26)(H,25,27)/t18-/m0/s1. The molecule has 2 amide bonds. The van der Waals surface area contributed by atoms with Gasteiger partial charge in [0.1, 0.15) is 0 Å². The van der Waals surface area contributed by atoms with Gasteiger partial charge in [-0.25, -0.2) is 0 Å². The molecule has 0 aliphatic rings. The molecule has 0 aliphatic carbocycles. The first-order valence-corrected chi connectivity index (χ1v) is 9.21. The highest BCUT2D eigenvalue weighted by atomic mass is 16.2. The first kappa shape index (κ1) is 20.6. The Balaban J connectivity index is 1.80. The molecule has 0 aromatic heterocycles. The van der Waals surface area contributed by atoms with E-state index in [9.17, 15) is 9.59 Å². The highest BCUT2D eigenvalue weighted by molar-refractivity contribution is 5.95. The third-order valence-corrected chi connectivity index (χ3v) is 4.66. The zero-order valence-corrected chi connectivity index (χ0v) is 16.8. The second-order valence-electron chi connectivity index (χ2n) is 7.05. The molecule has 2 aromatic rings. The number of aryl methyl sites for hydroxylation is 4. The summed E-state index contributed by atoms with van der Waals surface area (Å²) in [5.41, 5.74) is 6.36. The highest BCUT2D eigenvalue weighted by Gasteiger charge is 2.12. The van der Waals surface area contributed by atoms with Gasteiger partial charge in [0.25, 0.3) is 0 Å². The van der Waals surface area contributed by atoms with E-state index in [0.717, 1.165) is 16.8 Å². The van der Waals surface area contributed by atoms with Crippen molar-refractivity contribution in [1.82, 2.24) is 10.6 Å². The van der Waals surface area contributed by atoms with Crippen LogP contribution in [0, 0.1) is 27.7 Å². The van der Waals surface area contributed by atoms with Gasteiger partial charge in [-0.1, -0.05) is 42.0 Å². The van der Waals surface area contributed by atoms with Gasteiger partial charge in [0, 0.05) is 11.7 Å². The molecule has 0 saturated heterocycles. The van der Waals surface area contributed by atoms with Crippen LogP contribution >= 0.6 is 0 Å². The largest absolute Gasteiger partial charge is 0.346 e. The SMILES string of the molecule is Cc1ccc(C)c([C@H](C)NCC(=O)NCC(=O)Nc2c(C)cccc2C)c1. The van der Waals surface area contributed by atoms with Crippen LogP contribution in [0.1, 0.15) is 40.8 Å². The van der Waals surface area contributed by atoms with E-state index in [1.807, 2.05) is 39.0 Å². The highest BCUT2D eigenvalue weighted by Crippen LogP contribution is 2.19. The normalized spacial score (nSPS) is 11.7. The van der Waals surface area contributed by atoms with Crippen molar-refractivity contribution in [3.63, 3.8) is 0 Å². The molecular formula is C22H29N3O2. The maximum absolute atomic E-state index is 12.1. The van der Waals surface area contributed by atoms with Crippen LogP contribution in [0.5, 0.6) is 0 Å². The average Bonchev–Trinajstić information content (AvgIpc) is 2.63. The molecule has 0 saturated carbocycles. The van der Waals surface area contributed by atoms with Crippen LogP contribution in [0.15, 0.2) is 36.4 Å². The monoisotopic (exact) mass is 367 g/mol. The number of carbonyl (C=O) groups is 2. The zero-order valence-electron chi connectivity index (χ0n) is 16.8. The smallest absolute Gasteiger partial charge is 0.243 e. The minimum absolute atomic E-state index is 0.0495. The van der Waals surface area contributed by atoms with Gasteiger partial charge in [0.05, 0.1) is 13.1 Å². The van der Waals surface area contributed by atoms with Gasteiger partial charge >= 0.3 is 0 Å². The van der Waals surface area contributed by atoms with Gasteiger partial charge in [-0.2, -0.15) is 0 Å². The second-order valence-corrected chi connectivity index (χ2v) is 7.05. The summed E-state index contributed by atoms with van der Waals surface area (Å²) in [6.07, 6.45) is 0. The molecule has 5 nitrogen and oxygen atoms in total. The first-order chi connectivity index (χ1) is 12.8. The number of carbonyl (C=O) groups excluding carboxylic acids is 2. The predicted octanol–water partition coefficient (Wildman–Crippen LogP) is 3.33. The third kappa shape index (κ3) is 5.93. The van der Waals surface area contributed by atoms with Crippen molar-refractivity contribution in [2.45, 2.75) is 40.7 Å². The van der Waals surface area contributed by atoms with Crippen molar-refractivity contribution in [3.8, 4) is 0 Å². The zero-order chi connectivity index (χ0) is 20.0. The molecule has 0 fully saturated rings. The molecule has 0 heterocycles. The maximum atomic E-state index is 12.1. The van der Waals surface area contributed by atoms with Gasteiger partial charge < -0.3 is 16.0 Å². The minimum Gasteiger partial charge on any atom is -0.346 e. The number of hydrogen-bond donors (Lipinski definition) is 3. The first-order valence-electron chi connectivity index (χ1n) is 9.21. The lowest BCUT2D eigenvalue weighted by atomic mass is 10.00. The lowest BCUT2D eigenvalue weighted by Crippen LogP contribution is -2.39. The Morgan fingerprint density at radius 2 is 1.56 bits per heavy atom. The molecule has 0 bridgehead atoms. The van der Waals surface area contributed by atoms with Crippen LogP contribution < -0.4 is 16.0 Å². The molecule has 2 rings (SSSR count). The summed E-state index contributed by atoms with van der Waals surface area (Å²) < 4.78 is 0. The Hall–Kier alpha value is -2.66. The van der Waals surface area contributed by atoms with E-state index in [-0.39, 0.29) is 30.9 Å². The van der Waals surface area contributed by atoms with Crippen LogP contribution in [-0.2, 0) is 9.59 Å². The van der Waals surface area contributed by atoms with Crippen LogP contribution in [0.3, 0.4) is 0 Å². The number of amides is 2. The Kier molecular flexibility index (Phi) is 7.13. The number of hydrogen-bond acceptors (Lipinski definition) is 3. The Bertz CT molecular complexity index is 810. The summed E-state index contributed by atoms with van der Waals surface area (Å²) in [5, 5.41) is 8.74. The van der Waals surface area contributed by atoms with Crippen molar-refractivity contribution >= 4 is 17.5 Å². The second kappa shape index (κ2) is 9.33. The van der Waals surface area contributed by atoms with Gasteiger partial charge in [0.15, 0.2) is 0 Å². The molecule has 2 aromatic carbocycles. The number of rotatable bonds is 7. The molecule has 0 radical (unpaired) electrons. The summed E-state index contributed by atoms with van der Waals surface area (Å²) in [6, 6.07) is 12.2. The minimum atomic E-state index is -0.233. The summed E-state index contributed by atoms with van der Waals surface area (Å²) >= 11 is 0. The molecule has 0 unspecified atom stereocenters. The third-order valence-electron chi connectivity index (χ3n) is 4.66. The van der Waals surface area contributed by atoms with Gasteiger partial charge in [-0.15, -0.1) is 0 Å². The van der Waals surface area contributed by atoms with Gasteiger partial charge in [0.2, 0.25) is 11.8 Å². The number of benzene rings is 2. The quantitative estimate of drug-likeness (QED) is 0.703. The lowest BCUT2D eigenvalue weighted by Gasteiger charge is -2.17. The van der Waals surface area contributed by atoms with E-state index in [4.69, 9.17) is 0 Å². The summed E-state index contributed by atoms with van der Waals surface area (Å²) in [7, 11) is 0. The van der Waals surface area contributed by atoms with Crippen molar-refractivity contribution < 1.29 is 9.59 Å².